The maximum absolute atomic E-state index is 13.4. The molecule has 1 aliphatic carbocycles. The number of aliphatic hydroxyl groups excluding tert-OH is 1. The number of Topliss-reactive ketones (excluding diaryl/α,β-unsaturated/α-hetero) is 1. The van der Waals surface area contributed by atoms with Crippen molar-refractivity contribution in [2.45, 2.75) is 72.3 Å². The fraction of sp³-hybridized carbons (Fsp3) is 0.481. The Morgan fingerprint density at radius 2 is 1.69 bits per heavy atom. The summed E-state index contributed by atoms with van der Waals surface area (Å²) in [6.07, 6.45) is 4.12. The van der Waals surface area contributed by atoms with Gasteiger partial charge in [-0.1, -0.05) is 51.5 Å². The van der Waals surface area contributed by atoms with Gasteiger partial charge in [0.05, 0.1) is 16.4 Å². The molecule has 0 spiro atoms. The molecule has 0 radical (unpaired) electrons. The summed E-state index contributed by atoms with van der Waals surface area (Å²) in [6, 6.07) is 7.96. The molecule has 0 fully saturated rings. The van der Waals surface area contributed by atoms with E-state index in [0.717, 1.165) is 35.1 Å². The average molecular weight is 454 g/mol. The van der Waals surface area contributed by atoms with Crippen LogP contribution in [-0.2, 0) is 28.4 Å². The van der Waals surface area contributed by atoms with Crippen molar-refractivity contribution in [3.8, 4) is 0 Å². The molecule has 1 aromatic carbocycles. The zero-order valence-electron chi connectivity index (χ0n) is 20.1. The highest BCUT2D eigenvalue weighted by atomic mass is 32.2. The number of allylic oxidation sites excluding steroid dienone is 2. The second-order valence-corrected chi connectivity index (χ2v) is 11.1. The van der Waals surface area contributed by atoms with Gasteiger partial charge in [0.2, 0.25) is 0 Å². The van der Waals surface area contributed by atoms with Crippen LogP contribution in [-0.4, -0.2) is 25.8 Å². The molecule has 0 saturated carbocycles. The molecule has 0 aliphatic heterocycles. The number of benzene rings is 1. The van der Waals surface area contributed by atoms with E-state index in [1.165, 1.54) is 5.56 Å². The molecule has 172 valence electrons. The van der Waals surface area contributed by atoms with Crippen LogP contribution in [0, 0.1) is 25.2 Å². The van der Waals surface area contributed by atoms with E-state index in [0.29, 0.717) is 29.2 Å². The van der Waals surface area contributed by atoms with E-state index in [1.54, 1.807) is 12.3 Å². The summed E-state index contributed by atoms with van der Waals surface area (Å²) in [4.78, 5) is 17.7. The van der Waals surface area contributed by atoms with Gasteiger partial charge in [0.1, 0.15) is 10.8 Å². The Kier molecular flexibility index (Phi) is 7.39. The van der Waals surface area contributed by atoms with Gasteiger partial charge in [-0.05, 0) is 66.3 Å². The van der Waals surface area contributed by atoms with E-state index in [2.05, 4.69) is 37.9 Å². The first-order valence-electron chi connectivity index (χ1n) is 11.5. The third-order valence-corrected chi connectivity index (χ3v) is 8.34. The van der Waals surface area contributed by atoms with E-state index in [9.17, 15) is 14.1 Å². The molecule has 4 nitrogen and oxygen atoms in total. The monoisotopic (exact) mass is 453 g/mol. The van der Waals surface area contributed by atoms with Gasteiger partial charge in [-0.15, -0.1) is 0 Å². The quantitative estimate of drug-likeness (QED) is 0.566. The lowest BCUT2D eigenvalue weighted by Gasteiger charge is -2.37. The zero-order chi connectivity index (χ0) is 23.6. The van der Waals surface area contributed by atoms with Crippen LogP contribution in [0.2, 0.25) is 0 Å². The van der Waals surface area contributed by atoms with Gasteiger partial charge in [-0.25, -0.2) is 4.98 Å². The summed E-state index contributed by atoms with van der Waals surface area (Å²) in [5, 5.41) is 11.6. The second-order valence-electron chi connectivity index (χ2n) is 9.67. The van der Waals surface area contributed by atoms with E-state index in [1.807, 2.05) is 26.8 Å². The van der Waals surface area contributed by atoms with Gasteiger partial charge in [0.25, 0.3) is 0 Å². The first kappa shape index (κ1) is 24.4. The Labute approximate surface area is 194 Å². The number of aromatic nitrogens is 1. The number of ketones is 1. The van der Waals surface area contributed by atoms with E-state index in [4.69, 9.17) is 0 Å². The summed E-state index contributed by atoms with van der Waals surface area (Å²) in [7, 11) is -1.26. The highest BCUT2D eigenvalue weighted by Crippen LogP contribution is 2.43. The third-order valence-electron chi connectivity index (χ3n) is 6.62. The summed E-state index contributed by atoms with van der Waals surface area (Å²) >= 11 is 0. The number of rotatable bonds is 7. The van der Waals surface area contributed by atoms with Crippen LogP contribution in [0.25, 0.3) is 5.57 Å². The van der Waals surface area contributed by atoms with Gasteiger partial charge in [0.15, 0.2) is 5.78 Å². The maximum Gasteiger partial charge on any atom is 0.167 e. The predicted octanol–water partition coefficient (Wildman–Crippen LogP) is 5.91. The van der Waals surface area contributed by atoms with Crippen molar-refractivity contribution in [1.82, 2.24) is 4.98 Å². The second kappa shape index (κ2) is 9.70. The molecule has 1 aliphatic rings. The topological polar surface area (TPSA) is 67.3 Å². The van der Waals surface area contributed by atoms with Gasteiger partial charge in [0, 0.05) is 24.8 Å². The first-order chi connectivity index (χ1) is 15.1. The zero-order valence-corrected chi connectivity index (χ0v) is 20.9. The normalized spacial score (nSPS) is 18.2. The van der Waals surface area contributed by atoms with Crippen LogP contribution in [0.15, 0.2) is 41.2 Å². The summed E-state index contributed by atoms with van der Waals surface area (Å²) in [5.41, 5.74) is 5.46. The van der Waals surface area contributed by atoms with Crippen molar-refractivity contribution in [3.05, 3.63) is 64.0 Å². The molecule has 2 atom stereocenters. The number of hydrogen-bond donors (Lipinski definition) is 1. The lowest BCUT2D eigenvalue weighted by molar-refractivity contribution is -0.116. The Morgan fingerprint density at radius 3 is 2.19 bits per heavy atom. The van der Waals surface area contributed by atoms with Gasteiger partial charge < -0.3 is 5.11 Å². The molecular weight excluding hydrogens is 418 g/mol. The van der Waals surface area contributed by atoms with E-state index < -0.39 is 10.8 Å². The standard InChI is InChI=1S/C27H35NO3S/c1-7-19-11-18(4)12-20(8-2)25(19)26-22(29)13-21(14-23(26)30)27(5,6)16-32(31)24-10-9-17(3)15-28-24/h9-12,15,21,29H,7-8,13-14,16H2,1-6H3. The molecule has 5 heteroatoms. The Morgan fingerprint density at radius 1 is 1.06 bits per heavy atom. The van der Waals surface area contributed by atoms with Gasteiger partial charge in [-0.3, -0.25) is 9.00 Å². The number of carbonyl (C=O) groups is 1. The fourth-order valence-corrected chi connectivity index (χ4v) is 6.12. The van der Waals surface area contributed by atoms with Crippen LogP contribution in [0.1, 0.15) is 68.4 Å². The minimum absolute atomic E-state index is 0.0145. The highest BCUT2D eigenvalue weighted by Gasteiger charge is 2.39. The first-order valence-corrected chi connectivity index (χ1v) is 12.8. The molecule has 1 N–H and O–H groups in total. The van der Waals surface area contributed by atoms with E-state index >= 15 is 0 Å². The molecule has 1 heterocycles. The molecule has 0 amide bonds. The van der Waals surface area contributed by atoms with Crippen LogP contribution < -0.4 is 0 Å². The number of nitrogens with zero attached hydrogens (tertiary/aromatic N) is 1. The van der Waals surface area contributed by atoms with Gasteiger partial charge in [-0.2, -0.15) is 0 Å². The summed E-state index contributed by atoms with van der Waals surface area (Å²) in [5.74, 6) is 0.481. The SMILES string of the molecule is CCc1cc(C)cc(CC)c1C1=C(O)CC(C(C)(C)CS(=O)c2ccc(C)cn2)CC1=O. The molecule has 2 unspecified atom stereocenters. The van der Waals surface area contributed by atoms with Crippen LogP contribution in [0.3, 0.4) is 0 Å². The smallest absolute Gasteiger partial charge is 0.167 e. The lowest BCUT2D eigenvalue weighted by atomic mass is 9.70. The predicted molar refractivity (Wildman–Crippen MR) is 131 cm³/mol. The summed E-state index contributed by atoms with van der Waals surface area (Å²) in [6.45, 7) is 12.3. The average Bonchev–Trinajstić information content (AvgIpc) is 2.73. The van der Waals surface area contributed by atoms with Crippen molar-refractivity contribution < 1.29 is 14.1 Å². The number of aliphatic hydroxyl groups is 1. The molecule has 0 saturated heterocycles. The minimum Gasteiger partial charge on any atom is -0.512 e. The summed E-state index contributed by atoms with van der Waals surface area (Å²) < 4.78 is 13.0. The highest BCUT2D eigenvalue weighted by molar-refractivity contribution is 7.85. The lowest BCUT2D eigenvalue weighted by Crippen LogP contribution is -2.35. The minimum atomic E-state index is -1.26. The number of carbonyl (C=O) groups excluding carboxylic acids is 1. The van der Waals surface area contributed by atoms with Crippen molar-refractivity contribution in [1.29, 1.82) is 0 Å². The molecule has 32 heavy (non-hydrogen) atoms. The molecule has 2 aromatic rings. The fourth-order valence-electron chi connectivity index (χ4n) is 4.67. The van der Waals surface area contributed by atoms with E-state index in [-0.39, 0.29) is 22.9 Å². The molecular formula is C27H35NO3S. The van der Waals surface area contributed by atoms with Crippen LogP contribution in [0.4, 0.5) is 0 Å². The molecule has 1 aromatic heterocycles. The molecule has 3 rings (SSSR count). The van der Waals surface area contributed by atoms with Crippen LogP contribution in [0.5, 0.6) is 0 Å². The van der Waals surface area contributed by atoms with Crippen molar-refractivity contribution in [2.24, 2.45) is 11.3 Å². The largest absolute Gasteiger partial charge is 0.512 e. The Balaban J connectivity index is 1.90. The number of pyridine rings is 1. The Hall–Kier alpha value is -2.27. The molecule has 0 bridgehead atoms. The maximum atomic E-state index is 13.4. The van der Waals surface area contributed by atoms with Crippen LogP contribution >= 0.6 is 0 Å². The number of hydrogen-bond acceptors (Lipinski definition) is 4. The number of aryl methyl sites for hydroxylation is 4. The van der Waals surface area contributed by atoms with Gasteiger partial charge >= 0.3 is 0 Å². The van der Waals surface area contributed by atoms with Crippen molar-refractivity contribution in [2.75, 3.05) is 5.75 Å². The van der Waals surface area contributed by atoms with Crippen molar-refractivity contribution in [3.63, 3.8) is 0 Å². The Bertz CT molecular complexity index is 1040. The van der Waals surface area contributed by atoms with Crippen molar-refractivity contribution >= 4 is 22.2 Å². The third kappa shape index (κ3) is 5.03.